The molecule has 1 amide bonds. The van der Waals surface area contributed by atoms with Crippen molar-refractivity contribution >= 4 is 23.3 Å². The van der Waals surface area contributed by atoms with Crippen molar-refractivity contribution in [3.8, 4) is 11.8 Å². The number of anilines is 1. The van der Waals surface area contributed by atoms with Gasteiger partial charge in [0.05, 0.1) is 28.3 Å². The molecule has 0 aliphatic heterocycles. The van der Waals surface area contributed by atoms with Crippen LogP contribution < -0.4 is 5.32 Å². The summed E-state index contributed by atoms with van der Waals surface area (Å²) in [7, 11) is 0. The van der Waals surface area contributed by atoms with Gasteiger partial charge in [-0.3, -0.25) is 9.48 Å². The third-order valence-electron chi connectivity index (χ3n) is 3.73. The Morgan fingerprint density at radius 3 is 2.64 bits per heavy atom. The maximum Gasteiger partial charge on any atom is 0.247 e. The highest BCUT2D eigenvalue weighted by Gasteiger charge is 2.17. The molecular formula is C17H15ClN6O. The molecular weight excluding hydrogens is 340 g/mol. The number of hydrogen-bond donors (Lipinski definition) is 1. The number of hydrogen-bond acceptors (Lipinski definition) is 4. The van der Waals surface area contributed by atoms with Gasteiger partial charge in [0, 0.05) is 0 Å². The van der Waals surface area contributed by atoms with Crippen molar-refractivity contribution in [3.63, 3.8) is 0 Å². The van der Waals surface area contributed by atoms with Crippen LogP contribution in [0.2, 0.25) is 5.02 Å². The Bertz CT molecular complexity index is 967. The Hall–Kier alpha value is -3.11. The van der Waals surface area contributed by atoms with Crippen LogP contribution in [-0.4, -0.2) is 25.5 Å². The van der Waals surface area contributed by atoms with E-state index in [1.807, 2.05) is 36.4 Å². The first-order chi connectivity index (χ1) is 12.0. The zero-order valence-electron chi connectivity index (χ0n) is 13.7. The maximum absolute atomic E-state index is 12.4. The number of aryl methyl sites for hydroxylation is 1. The number of carbonyl (C=O) groups is 1. The molecule has 0 bridgehead atoms. The van der Waals surface area contributed by atoms with Crippen molar-refractivity contribution in [1.82, 2.24) is 19.6 Å². The number of rotatable bonds is 4. The van der Waals surface area contributed by atoms with Crippen LogP contribution in [0.5, 0.6) is 0 Å². The standard InChI is InChI=1S/C17H15ClN6O/c1-11-16(18)12(2)23(22-11)10-15(25)21-17-13(8-19)9-20-24(17)14-6-4-3-5-7-14/h3-7,9H,10H2,1-2H3,(H,21,25). The summed E-state index contributed by atoms with van der Waals surface area (Å²) >= 11 is 6.11. The number of nitrogens with one attached hydrogen (secondary N) is 1. The van der Waals surface area contributed by atoms with Gasteiger partial charge in [-0.1, -0.05) is 29.8 Å². The average molecular weight is 355 g/mol. The van der Waals surface area contributed by atoms with E-state index in [1.54, 1.807) is 13.8 Å². The molecule has 0 aliphatic rings. The van der Waals surface area contributed by atoms with Gasteiger partial charge in [-0.15, -0.1) is 0 Å². The fourth-order valence-corrected chi connectivity index (χ4v) is 2.59. The summed E-state index contributed by atoms with van der Waals surface area (Å²) in [6.45, 7) is 3.57. The zero-order valence-corrected chi connectivity index (χ0v) is 14.4. The van der Waals surface area contributed by atoms with Crippen LogP contribution in [-0.2, 0) is 11.3 Å². The van der Waals surface area contributed by atoms with Gasteiger partial charge in [-0.2, -0.15) is 15.5 Å². The molecule has 1 aromatic carbocycles. The summed E-state index contributed by atoms with van der Waals surface area (Å²) in [5.74, 6) is 0.00257. The van der Waals surface area contributed by atoms with E-state index in [1.165, 1.54) is 15.6 Å². The Balaban J connectivity index is 1.87. The summed E-state index contributed by atoms with van der Waals surface area (Å²) in [5, 5.41) is 21.0. The largest absolute Gasteiger partial charge is 0.308 e. The molecule has 0 radical (unpaired) electrons. The molecule has 0 unspecified atom stereocenters. The topological polar surface area (TPSA) is 88.5 Å². The number of halogens is 1. The van der Waals surface area contributed by atoms with Crippen LogP contribution in [0.25, 0.3) is 5.69 Å². The van der Waals surface area contributed by atoms with Crippen LogP contribution in [0.1, 0.15) is 17.0 Å². The van der Waals surface area contributed by atoms with Crippen LogP contribution in [0.4, 0.5) is 5.82 Å². The van der Waals surface area contributed by atoms with E-state index >= 15 is 0 Å². The molecule has 25 heavy (non-hydrogen) atoms. The lowest BCUT2D eigenvalue weighted by Gasteiger charge is -2.10. The van der Waals surface area contributed by atoms with E-state index in [4.69, 9.17) is 11.6 Å². The van der Waals surface area contributed by atoms with E-state index in [9.17, 15) is 10.1 Å². The summed E-state index contributed by atoms with van der Waals surface area (Å²) in [6.07, 6.45) is 1.42. The number of carbonyl (C=O) groups excluding carboxylic acids is 1. The first-order valence-corrected chi connectivity index (χ1v) is 7.92. The van der Waals surface area contributed by atoms with Crippen molar-refractivity contribution in [2.45, 2.75) is 20.4 Å². The normalized spacial score (nSPS) is 10.5. The first kappa shape index (κ1) is 16.7. The average Bonchev–Trinajstić information content (AvgIpc) is 3.12. The number of benzene rings is 1. The highest BCUT2D eigenvalue weighted by Crippen LogP contribution is 2.21. The molecule has 0 fully saturated rings. The van der Waals surface area contributed by atoms with Gasteiger partial charge < -0.3 is 5.32 Å². The molecule has 0 spiro atoms. The summed E-state index contributed by atoms with van der Waals surface area (Å²) in [5.41, 5.74) is 2.41. The van der Waals surface area contributed by atoms with Gasteiger partial charge in [0.25, 0.3) is 0 Å². The van der Waals surface area contributed by atoms with Crippen molar-refractivity contribution < 1.29 is 4.79 Å². The predicted octanol–water partition coefficient (Wildman–Crippen LogP) is 2.85. The SMILES string of the molecule is Cc1nn(CC(=O)Nc2c(C#N)cnn2-c2ccccc2)c(C)c1Cl. The Morgan fingerprint density at radius 1 is 1.32 bits per heavy atom. The second kappa shape index (κ2) is 6.79. The second-order valence-electron chi connectivity index (χ2n) is 5.46. The highest BCUT2D eigenvalue weighted by molar-refractivity contribution is 6.31. The van der Waals surface area contributed by atoms with Crippen LogP contribution in [0.3, 0.4) is 0 Å². The third kappa shape index (κ3) is 3.25. The smallest absolute Gasteiger partial charge is 0.247 e. The minimum atomic E-state index is -0.323. The van der Waals surface area contributed by atoms with Crippen LogP contribution in [0.15, 0.2) is 36.5 Å². The molecule has 3 rings (SSSR count). The number of amides is 1. The minimum absolute atomic E-state index is 0.00969. The summed E-state index contributed by atoms with van der Waals surface area (Å²) in [4.78, 5) is 12.4. The molecule has 0 aliphatic carbocycles. The maximum atomic E-state index is 12.4. The first-order valence-electron chi connectivity index (χ1n) is 7.54. The number of nitriles is 1. The lowest BCUT2D eigenvalue weighted by molar-refractivity contribution is -0.117. The Kier molecular flexibility index (Phi) is 4.55. The van der Waals surface area contributed by atoms with Gasteiger partial charge >= 0.3 is 0 Å². The molecule has 0 atom stereocenters. The van der Waals surface area contributed by atoms with Crippen LogP contribution >= 0.6 is 11.6 Å². The molecule has 7 nitrogen and oxygen atoms in total. The number of para-hydroxylation sites is 1. The van der Waals surface area contributed by atoms with Crippen molar-refractivity contribution in [2.24, 2.45) is 0 Å². The molecule has 2 heterocycles. The monoisotopic (exact) mass is 354 g/mol. The quantitative estimate of drug-likeness (QED) is 0.780. The third-order valence-corrected chi connectivity index (χ3v) is 4.28. The molecule has 8 heteroatoms. The fourth-order valence-electron chi connectivity index (χ4n) is 2.45. The summed E-state index contributed by atoms with van der Waals surface area (Å²) in [6, 6.07) is 11.3. The van der Waals surface area contributed by atoms with Gasteiger partial charge in [0.1, 0.15) is 18.2 Å². The molecule has 3 aromatic rings. The number of nitrogens with zero attached hydrogens (tertiary/aromatic N) is 5. The molecule has 2 aromatic heterocycles. The minimum Gasteiger partial charge on any atom is -0.308 e. The van der Waals surface area contributed by atoms with E-state index < -0.39 is 0 Å². The molecule has 1 N–H and O–H groups in total. The Morgan fingerprint density at radius 2 is 2.04 bits per heavy atom. The van der Waals surface area contributed by atoms with E-state index in [2.05, 4.69) is 15.5 Å². The highest BCUT2D eigenvalue weighted by atomic mass is 35.5. The van der Waals surface area contributed by atoms with Crippen molar-refractivity contribution in [3.05, 3.63) is 58.5 Å². The fraction of sp³-hybridized carbons (Fsp3) is 0.176. The van der Waals surface area contributed by atoms with Crippen molar-refractivity contribution in [2.75, 3.05) is 5.32 Å². The number of aromatic nitrogens is 4. The molecule has 126 valence electrons. The van der Waals surface area contributed by atoms with Crippen molar-refractivity contribution in [1.29, 1.82) is 5.26 Å². The second-order valence-corrected chi connectivity index (χ2v) is 5.83. The molecule has 0 saturated heterocycles. The zero-order chi connectivity index (χ0) is 18.0. The van der Waals surface area contributed by atoms with E-state index in [0.29, 0.717) is 22.2 Å². The van der Waals surface area contributed by atoms with Gasteiger partial charge in [0.15, 0.2) is 5.82 Å². The lowest BCUT2D eigenvalue weighted by Crippen LogP contribution is -2.22. The van der Waals surface area contributed by atoms with Gasteiger partial charge in [0.2, 0.25) is 5.91 Å². The molecule has 0 saturated carbocycles. The lowest BCUT2D eigenvalue weighted by atomic mass is 10.3. The van der Waals surface area contributed by atoms with Crippen LogP contribution in [0, 0.1) is 25.2 Å². The van der Waals surface area contributed by atoms with E-state index in [0.717, 1.165) is 5.69 Å². The van der Waals surface area contributed by atoms with E-state index in [-0.39, 0.29) is 18.0 Å². The summed E-state index contributed by atoms with van der Waals surface area (Å²) < 4.78 is 3.05. The Labute approximate surface area is 149 Å². The van der Waals surface area contributed by atoms with Gasteiger partial charge in [-0.05, 0) is 26.0 Å². The predicted molar refractivity (Wildman–Crippen MR) is 93.6 cm³/mol. The van der Waals surface area contributed by atoms with Gasteiger partial charge in [-0.25, -0.2) is 4.68 Å².